The summed E-state index contributed by atoms with van der Waals surface area (Å²) in [4.78, 5) is 23.8. The van der Waals surface area contributed by atoms with Gasteiger partial charge in [-0.2, -0.15) is 4.31 Å². The number of ether oxygens (including phenoxy) is 1. The molecule has 0 bridgehead atoms. The van der Waals surface area contributed by atoms with E-state index >= 15 is 0 Å². The highest BCUT2D eigenvalue weighted by molar-refractivity contribution is 7.89. The molecule has 0 aliphatic carbocycles. The molecule has 11 heteroatoms. The standard InChI is InChI=1S/C17H18N4O4S3/c1-11-9-27-16-13(11)15(18-10-19-16)20-4-6-21(7-5-20)28(23,24)12-3-8-26-14(12)17(22)25-2/h3,8-10H,4-7H2,1-2H3. The van der Waals surface area contributed by atoms with Crippen molar-refractivity contribution in [2.45, 2.75) is 11.8 Å². The molecule has 148 valence electrons. The number of carbonyl (C=O) groups is 1. The minimum Gasteiger partial charge on any atom is -0.465 e. The van der Waals surface area contributed by atoms with Crippen LogP contribution >= 0.6 is 22.7 Å². The zero-order valence-corrected chi connectivity index (χ0v) is 17.7. The highest BCUT2D eigenvalue weighted by Crippen LogP contribution is 2.32. The van der Waals surface area contributed by atoms with E-state index < -0.39 is 16.0 Å². The molecular weight excluding hydrogens is 420 g/mol. The van der Waals surface area contributed by atoms with E-state index in [1.54, 1.807) is 23.0 Å². The van der Waals surface area contributed by atoms with Gasteiger partial charge >= 0.3 is 5.97 Å². The van der Waals surface area contributed by atoms with Gasteiger partial charge in [0.05, 0.1) is 12.5 Å². The second-order valence-electron chi connectivity index (χ2n) is 6.29. The van der Waals surface area contributed by atoms with Gasteiger partial charge in [0.15, 0.2) is 0 Å². The van der Waals surface area contributed by atoms with Crippen LogP contribution in [0.25, 0.3) is 10.2 Å². The molecule has 0 amide bonds. The first-order valence-electron chi connectivity index (χ1n) is 8.53. The number of esters is 1. The fourth-order valence-electron chi connectivity index (χ4n) is 3.26. The summed E-state index contributed by atoms with van der Waals surface area (Å²) in [6.07, 6.45) is 1.55. The van der Waals surface area contributed by atoms with E-state index in [9.17, 15) is 13.2 Å². The van der Waals surface area contributed by atoms with Gasteiger partial charge in [-0.15, -0.1) is 22.7 Å². The maximum atomic E-state index is 13.0. The van der Waals surface area contributed by atoms with Crippen molar-refractivity contribution in [3.8, 4) is 0 Å². The average Bonchev–Trinajstić information content (AvgIpc) is 3.35. The Morgan fingerprint density at radius 3 is 2.64 bits per heavy atom. The Hall–Kier alpha value is -2.08. The molecule has 0 aromatic carbocycles. The summed E-state index contributed by atoms with van der Waals surface area (Å²) in [6, 6.07) is 1.46. The second kappa shape index (κ2) is 7.39. The van der Waals surface area contributed by atoms with Crippen molar-refractivity contribution < 1.29 is 17.9 Å². The van der Waals surface area contributed by atoms with E-state index in [-0.39, 0.29) is 9.77 Å². The number of sulfonamides is 1. The third kappa shape index (κ3) is 3.17. The molecule has 1 fully saturated rings. The highest BCUT2D eigenvalue weighted by Gasteiger charge is 2.33. The number of nitrogens with zero attached hydrogens (tertiary/aromatic N) is 4. The van der Waals surface area contributed by atoms with Crippen molar-refractivity contribution in [2.75, 3.05) is 38.2 Å². The molecule has 3 aromatic rings. The Bertz CT molecular complexity index is 1130. The Kier molecular flexibility index (Phi) is 5.08. The molecule has 3 aromatic heterocycles. The first-order chi connectivity index (χ1) is 13.4. The van der Waals surface area contributed by atoms with Gasteiger partial charge in [-0.05, 0) is 29.3 Å². The molecule has 4 heterocycles. The van der Waals surface area contributed by atoms with Crippen LogP contribution in [0.1, 0.15) is 15.2 Å². The van der Waals surface area contributed by atoms with Gasteiger partial charge in [0.2, 0.25) is 10.0 Å². The molecule has 1 saturated heterocycles. The SMILES string of the molecule is COC(=O)c1sccc1S(=O)(=O)N1CCN(c2ncnc3scc(C)c23)CC1. The van der Waals surface area contributed by atoms with Crippen LogP contribution in [0, 0.1) is 6.92 Å². The summed E-state index contributed by atoms with van der Waals surface area (Å²) < 4.78 is 32.2. The van der Waals surface area contributed by atoms with Crippen LogP contribution in [0.5, 0.6) is 0 Å². The largest absolute Gasteiger partial charge is 0.465 e. The monoisotopic (exact) mass is 438 g/mol. The Labute approximate surface area is 170 Å². The van der Waals surface area contributed by atoms with Crippen LogP contribution in [0.3, 0.4) is 0 Å². The van der Waals surface area contributed by atoms with Gasteiger partial charge in [-0.1, -0.05) is 0 Å². The maximum absolute atomic E-state index is 13.0. The van der Waals surface area contributed by atoms with E-state index in [0.29, 0.717) is 26.2 Å². The van der Waals surface area contributed by atoms with E-state index in [1.807, 2.05) is 6.92 Å². The number of thiophene rings is 2. The summed E-state index contributed by atoms with van der Waals surface area (Å²) in [5.74, 6) is 0.204. The van der Waals surface area contributed by atoms with Crippen LogP contribution in [0.2, 0.25) is 0 Å². The highest BCUT2D eigenvalue weighted by atomic mass is 32.2. The van der Waals surface area contributed by atoms with Crippen molar-refractivity contribution in [1.29, 1.82) is 0 Å². The molecule has 8 nitrogen and oxygen atoms in total. The minimum absolute atomic E-state index is 0.0101. The first kappa shape index (κ1) is 19.2. The fourth-order valence-corrected chi connectivity index (χ4v) is 6.87. The smallest absolute Gasteiger partial charge is 0.349 e. The van der Waals surface area contributed by atoms with Crippen molar-refractivity contribution in [1.82, 2.24) is 14.3 Å². The van der Waals surface area contributed by atoms with Crippen molar-refractivity contribution in [3.05, 3.63) is 33.6 Å². The molecule has 1 aliphatic rings. The Morgan fingerprint density at radius 2 is 1.93 bits per heavy atom. The summed E-state index contributed by atoms with van der Waals surface area (Å²) in [7, 11) is -2.52. The predicted octanol–water partition coefficient (Wildman–Crippen LogP) is 2.36. The Morgan fingerprint density at radius 1 is 1.18 bits per heavy atom. The van der Waals surface area contributed by atoms with Crippen molar-refractivity contribution in [3.63, 3.8) is 0 Å². The number of hydrogen-bond acceptors (Lipinski definition) is 9. The van der Waals surface area contributed by atoms with Crippen LogP contribution in [0.4, 0.5) is 5.82 Å². The normalized spacial score (nSPS) is 15.9. The summed E-state index contributed by atoms with van der Waals surface area (Å²) in [5, 5.41) is 4.66. The minimum atomic E-state index is -3.76. The van der Waals surface area contributed by atoms with Gasteiger partial charge in [0, 0.05) is 26.2 Å². The molecule has 0 atom stereocenters. The summed E-state index contributed by atoms with van der Waals surface area (Å²) >= 11 is 2.64. The number of carbonyl (C=O) groups excluding carboxylic acids is 1. The van der Waals surface area contributed by atoms with Gasteiger partial charge in [0.25, 0.3) is 0 Å². The lowest BCUT2D eigenvalue weighted by atomic mass is 10.2. The maximum Gasteiger partial charge on any atom is 0.349 e. The molecule has 0 N–H and O–H groups in total. The van der Waals surface area contributed by atoms with Gasteiger partial charge in [-0.25, -0.2) is 23.2 Å². The first-order valence-corrected chi connectivity index (χ1v) is 11.7. The van der Waals surface area contributed by atoms with Gasteiger partial charge in [-0.3, -0.25) is 0 Å². The molecule has 0 radical (unpaired) electrons. The van der Waals surface area contributed by atoms with E-state index in [2.05, 4.69) is 20.2 Å². The molecular formula is C17H18N4O4S3. The summed E-state index contributed by atoms with van der Waals surface area (Å²) in [5.41, 5.74) is 1.12. The molecule has 0 saturated carbocycles. The zero-order chi connectivity index (χ0) is 19.9. The van der Waals surface area contributed by atoms with E-state index in [4.69, 9.17) is 4.74 Å². The van der Waals surface area contributed by atoms with Crippen molar-refractivity contribution in [2.24, 2.45) is 0 Å². The number of anilines is 1. The predicted molar refractivity (Wildman–Crippen MR) is 109 cm³/mol. The van der Waals surface area contributed by atoms with Crippen LogP contribution in [-0.4, -0.2) is 61.9 Å². The van der Waals surface area contributed by atoms with Crippen LogP contribution in [-0.2, 0) is 14.8 Å². The van der Waals surface area contributed by atoms with Gasteiger partial charge < -0.3 is 9.64 Å². The lowest BCUT2D eigenvalue weighted by Gasteiger charge is -2.34. The van der Waals surface area contributed by atoms with E-state index in [1.165, 1.54) is 17.5 Å². The Balaban J connectivity index is 1.56. The van der Waals surface area contributed by atoms with Crippen LogP contribution in [0.15, 0.2) is 28.0 Å². The number of piperazine rings is 1. The quantitative estimate of drug-likeness (QED) is 0.577. The summed E-state index contributed by atoms with van der Waals surface area (Å²) in [6.45, 7) is 3.68. The third-order valence-corrected chi connectivity index (χ3v) is 8.66. The number of aromatic nitrogens is 2. The number of methoxy groups -OCH3 is 1. The van der Waals surface area contributed by atoms with Crippen molar-refractivity contribution >= 4 is 54.7 Å². The molecule has 4 rings (SSSR count). The lowest BCUT2D eigenvalue weighted by molar-refractivity contribution is 0.0602. The lowest BCUT2D eigenvalue weighted by Crippen LogP contribution is -2.49. The molecule has 0 spiro atoms. The number of hydrogen-bond donors (Lipinski definition) is 0. The molecule has 0 unspecified atom stereocenters. The fraction of sp³-hybridized carbons (Fsp3) is 0.353. The number of rotatable bonds is 4. The van der Waals surface area contributed by atoms with Crippen LogP contribution < -0.4 is 4.90 Å². The zero-order valence-electron chi connectivity index (χ0n) is 15.3. The third-order valence-electron chi connectivity index (χ3n) is 4.69. The molecule has 28 heavy (non-hydrogen) atoms. The topological polar surface area (TPSA) is 92.7 Å². The number of fused-ring (bicyclic) bond motifs is 1. The van der Waals surface area contributed by atoms with Gasteiger partial charge in [0.1, 0.15) is 26.7 Å². The second-order valence-corrected chi connectivity index (χ2v) is 9.97. The number of aryl methyl sites for hydroxylation is 1. The average molecular weight is 439 g/mol. The molecule has 1 aliphatic heterocycles. The van der Waals surface area contributed by atoms with E-state index in [0.717, 1.165) is 32.9 Å².